The quantitative estimate of drug-likeness (QED) is 0.859. The number of hydrogen-bond donors (Lipinski definition) is 1. The van der Waals surface area contributed by atoms with Crippen molar-refractivity contribution in [1.82, 2.24) is 9.97 Å². The fourth-order valence-electron chi connectivity index (χ4n) is 1.91. The van der Waals surface area contributed by atoms with Crippen molar-refractivity contribution in [2.24, 2.45) is 0 Å². The van der Waals surface area contributed by atoms with E-state index in [1.165, 1.54) is 5.56 Å². The van der Waals surface area contributed by atoms with E-state index in [9.17, 15) is 0 Å². The summed E-state index contributed by atoms with van der Waals surface area (Å²) in [7, 11) is 0. The summed E-state index contributed by atoms with van der Waals surface area (Å²) in [6.45, 7) is 3.91. The normalized spacial score (nSPS) is 10.4. The molecule has 19 heavy (non-hydrogen) atoms. The maximum atomic E-state index is 5.71. The van der Waals surface area contributed by atoms with Crippen molar-refractivity contribution in [3.05, 3.63) is 46.8 Å². The zero-order chi connectivity index (χ0) is 13.7. The third-order valence-electron chi connectivity index (χ3n) is 2.79. The van der Waals surface area contributed by atoms with Gasteiger partial charge < -0.3 is 10.6 Å². The Morgan fingerprint density at radius 3 is 2.63 bits per heavy atom. The molecule has 0 aliphatic carbocycles. The molecule has 1 heterocycles. The van der Waals surface area contributed by atoms with Crippen LogP contribution in [0.25, 0.3) is 0 Å². The molecule has 0 aliphatic heterocycles. The molecule has 0 radical (unpaired) electrons. The minimum absolute atomic E-state index is 0.786. The van der Waals surface area contributed by atoms with Gasteiger partial charge in [-0.3, -0.25) is 0 Å². The summed E-state index contributed by atoms with van der Waals surface area (Å²) in [4.78, 5) is 10.6. The lowest BCUT2D eigenvalue weighted by Crippen LogP contribution is -2.25. The average Bonchev–Trinajstić information content (AvgIpc) is 2.41. The molecule has 0 saturated heterocycles. The highest BCUT2D eigenvalue weighted by atomic mass is 79.9. The highest BCUT2D eigenvalue weighted by Crippen LogP contribution is 2.24. The SMILES string of the molecule is CCCN(Cc1ccc(N)cc1)c1ncncc1Br. The average molecular weight is 321 g/mol. The molecule has 0 atom stereocenters. The maximum Gasteiger partial charge on any atom is 0.146 e. The fraction of sp³-hybridized carbons (Fsp3) is 0.286. The number of nitrogen functional groups attached to an aromatic ring is 1. The Morgan fingerprint density at radius 2 is 2.00 bits per heavy atom. The van der Waals surface area contributed by atoms with Crippen molar-refractivity contribution in [3.8, 4) is 0 Å². The number of nitrogens with two attached hydrogens (primary N) is 1. The monoisotopic (exact) mass is 320 g/mol. The Labute approximate surface area is 121 Å². The Balaban J connectivity index is 2.21. The Hall–Kier alpha value is -1.62. The van der Waals surface area contributed by atoms with E-state index < -0.39 is 0 Å². The first kappa shape index (κ1) is 13.8. The van der Waals surface area contributed by atoms with E-state index in [1.807, 2.05) is 24.3 Å². The van der Waals surface area contributed by atoms with Crippen molar-refractivity contribution in [2.75, 3.05) is 17.2 Å². The standard InChI is InChI=1S/C14H17BrN4/c1-2-7-19(14-13(15)8-17-10-18-14)9-11-3-5-12(16)6-4-11/h3-6,8,10H,2,7,9,16H2,1H3. The van der Waals surface area contributed by atoms with Crippen LogP contribution in [0.4, 0.5) is 11.5 Å². The Bertz CT molecular complexity index is 527. The van der Waals surface area contributed by atoms with Crippen LogP contribution in [0.1, 0.15) is 18.9 Å². The molecule has 100 valence electrons. The predicted molar refractivity (Wildman–Crippen MR) is 81.9 cm³/mol. The van der Waals surface area contributed by atoms with Crippen molar-refractivity contribution < 1.29 is 0 Å². The van der Waals surface area contributed by atoms with Gasteiger partial charge in [0.15, 0.2) is 0 Å². The minimum atomic E-state index is 0.786. The number of rotatable bonds is 5. The molecular formula is C14H17BrN4. The lowest BCUT2D eigenvalue weighted by Gasteiger charge is -2.24. The molecule has 2 N–H and O–H groups in total. The van der Waals surface area contributed by atoms with Gasteiger partial charge in [0.1, 0.15) is 12.1 Å². The van der Waals surface area contributed by atoms with E-state index in [-0.39, 0.29) is 0 Å². The van der Waals surface area contributed by atoms with Crippen LogP contribution < -0.4 is 10.6 Å². The summed E-state index contributed by atoms with van der Waals surface area (Å²) in [6.07, 6.45) is 4.41. The van der Waals surface area contributed by atoms with Crippen molar-refractivity contribution >= 4 is 27.4 Å². The first-order valence-corrected chi connectivity index (χ1v) is 7.05. The molecule has 2 rings (SSSR count). The molecule has 0 spiro atoms. The second-order valence-electron chi connectivity index (χ2n) is 4.36. The highest BCUT2D eigenvalue weighted by Gasteiger charge is 2.11. The highest BCUT2D eigenvalue weighted by molar-refractivity contribution is 9.10. The second kappa shape index (κ2) is 6.52. The first-order chi connectivity index (χ1) is 9.20. The molecule has 0 unspecified atom stereocenters. The predicted octanol–water partition coefficient (Wildman–Crippen LogP) is 3.24. The molecule has 1 aromatic heterocycles. The topological polar surface area (TPSA) is 55.0 Å². The summed E-state index contributed by atoms with van der Waals surface area (Å²) in [5.41, 5.74) is 7.71. The Kier molecular flexibility index (Phi) is 4.74. The van der Waals surface area contributed by atoms with Gasteiger partial charge in [-0.2, -0.15) is 0 Å². The Morgan fingerprint density at radius 1 is 1.26 bits per heavy atom. The van der Waals surface area contributed by atoms with Crippen molar-refractivity contribution in [2.45, 2.75) is 19.9 Å². The van der Waals surface area contributed by atoms with Gasteiger partial charge in [-0.05, 0) is 40.0 Å². The third kappa shape index (κ3) is 3.67. The maximum absolute atomic E-state index is 5.71. The minimum Gasteiger partial charge on any atom is -0.399 e. The molecule has 2 aromatic rings. The van der Waals surface area contributed by atoms with Gasteiger partial charge in [0.05, 0.1) is 4.47 Å². The number of hydrogen-bond acceptors (Lipinski definition) is 4. The third-order valence-corrected chi connectivity index (χ3v) is 3.35. The molecule has 1 aromatic carbocycles. The van der Waals surface area contributed by atoms with Crippen LogP contribution in [0.5, 0.6) is 0 Å². The first-order valence-electron chi connectivity index (χ1n) is 6.25. The van der Waals surface area contributed by atoms with Crippen LogP contribution in [0, 0.1) is 0 Å². The van der Waals surface area contributed by atoms with E-state index >= 15 is 0 Å². The van der Waals surface area contributed by atoms with Gasteiger partial charge in [0, 0.05) is 25.0 Å². The number of benzene rings is 1. The fourth-order valence-corrected chi connectivity index (χ4v) is 2.38. The van der Waals surface area contributed by atoms with E-state index in [1.54, 1.807) is 12.5 Å². The zero-order valence-electron chi connectivity index (χ0n) is 10.9. The van der Waals surface area contributed by atoms with Crippen molar-refractivity contribution in [3.63, 3.8) is 0 Å². The van der Waals surface area contributed by atoms with Gasteiger partial charge >= 0.3 is 0 Å². The van der Waals surface area contributed by atoms with E-state index in [0.717, 1.165) is 35.5 Å². The van der Waals surface area contributed by atoms with Crippen LogP contribution in [-0.4, -0.2) is 16.5 Å². The molecule has 0 fully saturated rings. The largest absolute Gasteiger partial charge is 0.399 e. The summed E-state index contributed by atoms with van der Waals surface area (Å²) < 4.78 is 0.916. The van der Waals surface area contributed by atoms with Gasteiger partial charge in [-0.25, -0.2) is 9.97 Å². The van der Waals surface area contributed by atoms with Gasteiger partial charge in [0.2, 0.25) is 0 Å². The molecule has 0 bridgehead atoms. The van der Waals surface area contributed by atoms with Crippen LogP contribution >= 0.6 is 15.9 Å². The van der Waals surface area contributed by atoms with Gasteiger partial charge in [-0.1, -0.05) is 19.1 Å². The smallest absolute Gasteiger partial charge is 0.146 e. The van der Waals surface area contributed by atoms with Crippen LogP contribution in [0.15, 0.2) is 41.3 Å². The lowest BCUT2D eigenvalue weighted by atomic mass is 10.2. The second-order valence-corrected chi connectivity index (χ2v) is 5.21. The number of halogens is 1. The molecule has 0 saturated carbocycles. The van der Waals surface area contributed by atoms with Crippen LogP contribution in [0.2, 0.25) is 0 Å². The zero-order valence-corrected chi connectivity index (χ0v) is 12.5. The van der Waals surface area contributed by atoms with Crippen LogP contribution in [-0.2, 0) is 6.54 Å². The molecule has 0 aliphatic rings. The van der Waals surface area contributed by atoms with E-state index in [0.29, 0.717) is 0 Å². The molecule has 0 amide bonds. The number of aromatic nitrogens is 2. The summed E-state index contributed by atoms with van der Waals surface area (Å²) in [5.74, 6) is 0.925. The van der Waals surface area contributed by atoms with Gasteiger partial charge in [0.25, 0.3) is 0 Å². The summed E-state index contributed by atoms with van der Waals surface area (Å²) >= 11 is 3.51. The number of nitrogens with zero attached hydrogens (tertiary/aromatic N) is 3. The van der Waals surface area contributed by atoms with Crippen LogP contribution in [0.3, 0.4) is 0 Å². The molecular weight excluding hydrogens is 304 g/mol. The van der Waals surface area contributed by atoms with E-state index in [2.05, 4.69) is 37.7 Å². The molecule has 4 nitrogen and oxygen atoms in total. The lowest BCUT2D eigenvalue weighted by molar-refractivity contribution is 0.750. The summed E-state index contributed by atoms with van der Waals surface area (Å²) in [6, 6.07) is 7.95. The summed E-state index contributed by atoms with van der Waals surface area (Å²) in [5, 5.41) is 0. The van der Waals surface area contributed by atoms with E-state index in [4.69, 9.17) is 5.73 Å². The number of anilines is 2. The molecule has 5 heteroatoms. The van der Waals surface area contributed by atoms with Crippen molar-refractivity contribution in [1.29, 1.82) is 0 Å². The van der Waals surface area contributed by atoms with Gasteiger partial charge in [-0.15, -0.1) is 0 Å².